The lowest BCUT2D eigenvalue weighted by Gasteiger charge is -2.08. The van der Waals surface area contributed by atoms with Crippen LogP contribution in [-0.2, 0) is 6.54 Å². The molecule has 0 atom stereocenters. The maximum Gasteiger partial charge on any atom is 0.119 e. The van der Waals surface area contributed by atoms with Gasteiger partial charge in [-0.3, -0.25) is 0 Å². The van der Waals surface area contributed by atoms with Crippen LogP contribution in [0.1, 0.15) is 51.0 Å². The number of benzene rings is 1. The van der Waals surface area contributed by atoms with Gasteiger partial charge < -0.3 is 10.1 Å². The first-order chi connectivity index (χ1) is 9.38. The van der Waals surface area contributed by atoms with Gasteiger partial charge in [-0.25, -0.2) is 0 Å². The lowest BCUT2D eigenvalue weighted by molar-refractivity contribution is 0.306. The lowest BCUT2D eigenvalue weighted by atomic mass is 10.2. The van der Waals surface area contributed by atoms with E-state index in [1.807, 2.05) is 0 Å². The molecule has 1 aliphatic rings. The van der Waals surface area contributed by atoms with Crippen molar-refractivity contribution in [1.29, 1.82) is 0 Å². The summed E-state index contributed by atoms with van der Waals surface area (Å²) in [6, 6.07) is 8.51. The van der Waals surface area contributed by atoms with E-state index in [1.54, 1.807) is 0 Å². The topological polar surface area (TPSA) is 21.3 Å². The minimum Gasteiger partial charge on any atom is -0.494 e. The van der Waals surface area contributed by atoms with E-state index < -0.39 is 0 Å². The summed E-state index contributed by atoms with van der Waals surface area (Å²) in [5, 5.41) is 3.51. The largest absolute Gasteiger partial charge is 0.494 e. The second-order valence-electron chi connectivity index (χ2n) is 5.61. The Bertz CT molecular complexity index is 343. The van der Waals surface area contributed by atoms with Gasteiger partial charge in [0.25, 0.3) is 0 Å². The maximum atomic E-state index is 5.71. The molecule has 0 spiro atoms. The zero-order valence-electron chi connectivity index (χ0n) is 12.2. The van der Waals surface area contributed by atoms with Crippen LogP contribution in [0.2, 0.25) is 0 Å². The van der Waals surface area contributed by atoms with Crippen molar-refractivity contribution >= 4 is 0 Å². The Hall–Kier alpha value is -1.02. The molecule has 2 nitrogen and oxygen atoms in total. The molecular formula is C17H27NO. The molecule has 106 valence electrons. The van der Waals surface area contributed by atoms with Crippen LogP contribution >= 0.6 is 0 Å². The highest BCUT2D eigenvalue weighted by Gasteiger charge is 2.19. The molecule has 1 aromatic carbocycles. The predicted octanol–water partition coefficient (Wildman–Crippen LogP) is 4.15. The third-order valence-corrected chi connectivity index (χ3v) is 3.70. The molecule has 0 bridgehead atoms. The molecule has 1 fully saturated rings. The van der Waals surface area contributed by atoms with Gasteiger partial charge in [-0.05, 0) is 43.0 Å². The number of hydrogen-bond acceptors (Lipinski definition) is 2. The molecule has 1 aromatic rings. The molecule has 0 aliphatic heterocycles. The first-order valence-electron chi connectivity index (χ1n) is 7.81. The summed E-state index contributed by atoms with van der Waals surface area (Å²) in [5.74, 6) is 2.02. The molecular weight excluding hydrogens is 234 g/mol. The Balaban J connectivity index is 1.59. The average Bonchev–Trinajstić information content (AvgIpc) is 3.25. The number of rotatable bonds is 10. The molecule has 0 amide bonds. The van der Waals surface area contributed by atoms with E-state index in [1.165, 1.54) is 37.7 Å². The van der Waals surface area contributed by atoms with Crippen molar-refractivity contribution in [3.05, 3.63) is 29.8 Å². The molecule has 0 heterocycles. The third kappa shape index (κ3) is 6.11. The monoisotopic (exact) mass is 261 g/mol. The Morgan fingerprint density at radius 3 is 2.63 bits per heavy atom. The van der Waals surface area contributed by atoms with E-state index in [2.05, 4.69) is 36.5 Å². The first-order valence-corrected chi connectivity index (χ1v) is 7.81. The van der Waals surface area contributed by atoms with Crippen molar-refractivity contribution < 1.29 is 4.74 Å². The Labute approximate surface area is 117 Å². The van der Waals surface area contributed by atoms with Gasteiger partial charge in [0.15, 0.2) is 0 Å². The van der Waals surface area contributed by atoms with Gasteiger partial charge in [0.2, 0.25) is 0 Å². The molecule has 1 N–H and O–H groups in total. The Morgan fingerprint density at radius 1 is 1.16 bits per heavy atom. The van der Waals surface area contributed by atoms with Crippen molar-refractivity contribution in [2.24, 2.45) is 5.92 Å². The summed E-state index contributed by atoms with van der Waals surface area (Å²) in [4.78, 5) is 0. The third-order valence-electron chi connectivity index (χ3n) is 3.70. The van der Waals surface area contributed by atoms with Gasteiger partial charge in [-0.1, -0.05) is 44.7 Å². The van der Waals surface area contributed by atoms with Crippen LogP contribution < -0.4 is 10.1 Å². The van der Waals surface area contributed by atoms with Crippen molar-refractivity contribution in [2.75, 3.05) is 13.2 Å². The predicted molar refractivity (Wildman–Crippen MR) is 80.5 cm³/mol. The van der Waals surface area contributed by atoms with Gasteiger partial charge in [-0.15, -0.1) is 0 Å². The van der Waals surface area contributed by atoms with E-state index in [9.17, 15) is 0 Å². The minimum absolute atomic E-state index is 0.840. The van der Waals surface area contributed by atoms with E-state index in [4.69, 9.17) is 4.74 Å². The van der Waals surface area contributed by atoms with Crippen LogP contribution in [0.25, 0.3) is 0 Å². The van der Waals surface area contributed by atoms with Crippen LogP contribution in [0, 0.1) is 5.92 Å². The summed E-state index contributed by atoms with van der Waals surface area (Å²) in [5.41, 5.74) is 1.34. The Kier molecular flexibility index (Phi) is 6.22. The van der Waals surface area contributed by atoms with Crippen LogP contribution in [0.5, 0.6) is 5.75 Å². The fourth-order valence-electron chi connectivity index (χ4n) is 2.19. The molecule has 0 unspecified atom stereocenters. The lowest BCUT2D eigenvalue weighted by Crippen LogP contribution is -2.15. The summed E-state index contributed by atoms with van der Waals surface area (Å²) < 4.78 is 5.71. The van der Waals surface area contributed by atoms with Gasteiger partial charge in [0.1, 0.15) is 5.75 Å². The number of unbranched alkanes of at least 4 members (excludes halogenated alkanes) is 2. The SMILES string of the molecule is CCCCCOc1ccc(CNCCC2CC2)cc1. The van der Waals surface area contributed by atoms with Gasteiger partial charge in [0.05, 0.1) is 6.61 Å². The summed E-state index contributed by atoms with van der Waals surface area (Å²) in [6.07, 6.45) is 7.90. The molecule has 19 heavy (non-hydrogen) atoms. The first kappa shape index (κ1) is 14.4. The second-order valence-corrected chi connectivity index (χ2v) is 5.61. The normalized spacial score (nSPS) is 14.6. The highest BCUT2D eigenvalue weighted by molar-refractivity contribution is 5.27. The highest BCUT2D eigenvalue weighted by atomic mass is 16.5. The number of nitrogens with one attached hydrogen (secondary N) is 1. The van der Waals surface area contributed by atoms with Crippen LogP contribution in [-0.4, -0.2) is 13.2 Å². The average molecular weight is 261 g/mol. The van der Waals surface area contributed by atoms with Gasteiger partial charge in [0, 0.05) is 6.54 Å². The molecule has 0 radical (unpaired) electrons. The number of hydrogen-bond donors (Lipinski definition) is 1. The molecule has 2 heteroatoms. The van der Waals surface area contributed by atoms with E-state index in [0.717, 1.165) is 37.8 Å². The molecule has 0 saturated heterocycles. The number of ether oxygens (including phenoxy) is 1. The van der Waals surface area contributed by atoms with Crippen molar-refractivity contribution in [3.8, 4) is 5.75 Å². The fraction of sp³-hybridized carbons (Fsp3) is 0.647. The summed E-state index contributed by atoms with van der Waals surface area (Å²) >= 11 is 0. The zero-order chi connectivity index (χ0) is 13.3. The van der Waals surface area contributed by atoms with E-state index in [-0.39, 0.29) is 0 Å². The van der Waals surface area contributed by atoms with Crippen LogP contribution in [0.15, 0.2) is 24.3 Å². The van der Waals surface area contributed by atoms with E-state index >= 15 is 0 Å². The fourth-order valence-corrected chi connectivity index (χ4v) is 2.19. The molecule has 1 saturated carbocycles. The second kappa shape index (κ2) is 8.21. The smallest absolute Gasteiger partial charge is 0.119 e. The maximum absolute atomic E-state index is 5.71. The van der Waals surface area contributed by atoms with Crippen LogP contribution in [0.3, 0.4) is 0 Å². The zero-order valence-corrected chi connectivity index (χ0v) is 12.2. The van der Waals surface area contributed by atoms with Gasteiger partial charge >= 0.3 is 0 Å². The van der Waals surface area contributed by atoms with Crippen LogP contribution in [0.4, 0.5) is 0 Å². The van der Waals surface area contributed by atoms with Crippen molar-refractivity contribution in [1.82, 2.24) is 5.32 Å². The quantitative estimate of drug-likeness (QED) is 0.639. The summed E-state index contributed by atoms with van der Waals surface area (Å²) in [6.45, 7) is 5.18. The Morgan fingerprint density at radius 2 is 1.95 bits per heavy atom. The highest BCUT2D eigenvalue weighted by Crippen LogP contribution is 2.31. The summed E-state index contributed by atoms with van der Waals surface area (Å²) in [7, 11) is 0. The standard InChI is InChI=1S/C17H27NO/c1-2-3-4-13-19-17-9-7-16(8-10-17)14-18-12-11-15-5-6-15/h7-10,15,18H,2-6,11-14H2,1H3. The van der Waals surface area contributed by atoms with Gasteiger partial charge in [-0.2, -0.15) is 0 Å². The molecule has 0 aromatic heterocycles. The molecule has 2 rings (SSSR count). The van der Waals surface area contributed by atoms with Crippen molar-refractivity contribution in [3.63, 3.8) is 0 Å². The minimum atomic E-state index is 0.840. The van der Waals surface area contributed by atoms with E-state index in [0.29, 0.717) is 0 Å². The molecule has 1 aliphatic carbocycles. The van der Waals surface area contributed by atoms with Crippen molar-refractivity contribution in [2.45, 2.75) is 52.0 Å².